The fourth-order valence-electron chi connectivity index (χ4n) is 4.33. The Morgan fingerprint density at radius 3 is 2.82 bits per heavy atom. The molecule has 2 aromatic heterocycles. The van der Waals surface area contributed by atoms with E-state index in [0.29, 0.717) is 18.1 Å². The van der Waals surface area contributed by atoms with Crippen molar-refractivity contribution in [3.8, 4) is 39.3 Å². The predicted octanol–water partition coefficient (Wildman–Crippen LogP) is 6.99. The van der Waals surface area contributed by atoms with Crippen LogP contribution in [-0.2, 0) is 0 Å². The lowest BCUT2D eigenvalue weighted by Gasteiger charge is -2.14. The smallest absolute Gasteiger partial charge is 0.227 e. The van der Waals surface area contributed by atoms with Crippen LogP contribution in [0.15, 0.2) is 65.0 Å². The van der Waals surface area contributed by atoms with Gasteiger partial charge in [-0.15, -0.1) is 34.9 Å². The molecule has 200 valence electrons. The number of hydrogen-bond acceptors (Lipinski definition) is 10. The lowest BCUT2D eigenvalue weighted by Crippen LogP contribution is -2.22. The first-order valence-electron chi connectivity index (χ1n) is 12.6. The van der Waals surface area contributed by atoms with Crippen molar-refractivity contribution in [2.24, 2.45) is 0 Å². The quantitative estimate of drug-likeness (QED) is 0.150. The average molecular weight is 576 g/mol. The van der Waals surface area contributed by atoms with Gasteiger partial charge in [0.2, 0.25) is 5.95 Å². The molecule has 5 rings (SSSR count). The lowest BCUT2D eigenvalue weighted by molar-refractivity contribution is 0.269. The van der Waals surface area contributed by atoms with E-state index in [2.05, 4.69) is 21.3 Å². The number of benzene rings is 2. The van der Waals surface area contributed by atoms with Gasteiger partial charge in [-0.2, -0.15) is 5.26 Å². The molecule has 1 N–H and O–H groups in total. The van der Waals surface area contributed by atoms with Crippen LogP contribution in [0.5, 0.6) is 11.5 Å². The second-order valence-corrected chi connectivity index (χ2v) is 12.0. The van der Waals surface area contributed by atoms with Crippen LogP contribution < -0.4 is 14.8 Å². The molecule has 0 aliphatic carbocycles. The summed E-state index contributed by atoms with van der Waals surface area (Å²) < 4.78 is 12.4. The summed E-state index contributed by atoms with van der Waals surface area (Å²) in [5.74, 6) is 4.38. The molecule has 0 unspecified atom stereocenters. The van der Waals surface area contributed by atoms with Crippen molar-refractivity contribution in [2.45, 2.75) is 10.6 Å². The number of nitrogens with one attached hydrogen (secondary N) is 1. The van der Waals surface area contributed by atoms with Gasteiger partial charge in [0.15, 0.2) is 0 Å². The van der Waals surface area contributed by atoms with E-state index in [4.69, 9.17) is 14.5 Å². The first kappa shape index (κ1) is 27.3. The van der Waals surface area contributed by atoms with Crippen molar-refractivity contribution in [1.29, 1.82) is 5.26 Å². The number of nitrogens with zero attached hydrogens (tertiary/aromatic N) is 4. The van der Waals surface area contributed by atoms with E-state index in [9.17, 15) is 5.26 Å². The van der Waals surface area contributed by atoms with E-state index in [1.165, 1.54) is 12.3 Å². The molecule has 1 aliphatic heterocycles. The second kappa shape index (κ2) is 13.2. The van der Waals surface area contributed by atoms with E-state index in [1.54, 1.807) is 36.4 Å². The summed E-state index contributed by atoms with van der Waals surface area (Å²) in [5.41, 5.74) is 4.02. The van der Waals surface area contributed by atoms with Gasteiger partial charge in [0.1, 0.15) is 17.6 Å². The molecule has 0 atom stereocenters. The highest BCUT2D eigenvalue weighted by atomic mass is 32.2. The van der Waals surface area contributed by atoms with Gasteiger partial charge in [0, 0.05) is 48.2 Å². The molecule has 10 heteroatoms. The summed E-state index contributed by atoms with van der Waals surface area (Å²) in [5, 5.41) is 13.4. The third kappa shape index (κ3) is 6.68. The highest BCUT2D eigenvalue weighted by molar-refractivity contribution is 8.00. The van der Waals surface area contributed by atoms with Gasteiger partial charge in [-0.3, -0.25) is 4.90 Å². The Labute approximate surface area is 241 Å². The van der Waals surface area contributed by atoms with Crippen molar-refractivity contribution in [3.63, 3.8) is 0 Å². The minimum atomic E-state index is 0.477. The normalized spacial score (nSPS) is 13.3. The fourth-order valence-corrected chi connectivity index (χ4v) is 7.28. The SMILES string of the molecule is COc1cccc(-c2c(-c3ccnc(Nc4cccc(OCCCN5CCSC5)c4)n3)sc(SC)c2C#N)c1. The summed E-state index contributed by atoms with van der Waals surface area (Å²) >= 11 is 5.12. The van der Waals surface area contributed by atoms with Crippen molar-refractivity contribution in [3.05, 3.63) is 66.4 Å². The van der Waals surface area contributed by atoms with E-state index in [0.717, 1.165) is 61.9 Å². The molecule has 0 bridgehead atoms. The van der Waals surface area contributed by atoms with Gasteiger partial charge in [-0.05, 0) is 48.6 Å². The van der Waals surface area contributed by atoms with Crippen LogP contribution in [0.1, 0.15) is 12.0 Å². The van der Waals surface area contributed by atoms with Crippen LogP contribution in [-0.4, -0.2) is 59.6 Å². The van der Waals surface area contributed by atoms with Crippen molar-refractivity contribution in [2.75, 3.05) is 50.0 Å². The Hall–Kier alpha value is -3.23. The van der Waals surface area contributed by atoms with Crippen molar-refractivity contribution >= 4 is 46.5 Å². The van der Waals surface area contributed by atoms with Crippen LogP contribution in [0.4, 0.5) is 11.6 Å². The number of hydrogen-bond donors (Lipinski definition) is 1. The van der Waals surface area contributed by atoms with Crippen molar-refractivity contribution < 1.29 is 9.47 Å². The van der Waals surface area contributed by atoms with Crippen LogP contribution in [0.2, 0.25) is 0 Å². The zero-order valence-electron chi connectivity index (χ0n) is 21.8. The zero-order chi connectivity index (χ0) is 27.0. The summed E-state index contributed by atoms with van der Waals surface area (Å²) in [6, 6.07) is 19.9. The van der Waals surface area contributed by atoms with Crippen LogP contribution in [0.25, 0.3) is 21.7 Å². The molecular weight excluding hydrogens is 547 g/mol. The Kier molecular flexibility index (Phi) is 9.27. The molecule has 4 aromatic rings. The topological polar surface area (TPSA) is 83.3 Å². The van der Waals surface area contributed by atoms with Gasteiger partial charge in [-0.1, -0.05) is 18.2 Å². The Balaban J connectivity index is 1.36. The summed E-state index contributed by atoms with van der Waals surface area (Å²) in [6.45, 7) is 2.92. The lowest BCUT2D eigenvalue weighted by atomic mass is 10.0. The second-order valence-electron chi connectivity index (χ2n) is 8.79. The molecule has 7 nitrogen and oxygen atoms in total. The third-order valence-electron chi connectivity index (χ3n) is 6.22. The molecule has 0 amide bonds. The standard InChI is InChI=1S/C29H29N5O2S3/c1-35-22-8-3-6-20(16-22)26-24(18-30)28(37-2)39-27(26)25-10-11-31-29(33-25)32-21-7-4-9-23(17-21)36-14-5-12-34-13-15-38-19-34/h3-4,6-11,16-17H,5,12-15,19H2,1-2H3,(H,31,32,33). The monoisotopic (exact) mass is 575 g/mol. The molecule has 1 fully saturated rings. The summed E-state index contributed by atoms with van der Waals surface area (Å²) in [7, 11) is 1.64. The predicted molar refractivity (Wildman–Crippen MR) is 163 cm³/mol. The Bertz CT molecular complexity index is 1460. The third-order valence-corrected chi connectivity index (χ3v) is 9.57. The van der Waals surface area contributed by atoms with Crippen molar-refractivity contribution in [1.82, 2.24) is 14.9 Å². The molecule has 1 saturated heterocycles. The number of thiophene rings is 1. The van der Waals surface area contributed by atoms with E-state index >= 15 is 0 Å². The first-order chi connectivity index (χ1) is 19.2. The molecule has 0 radical (unpaired) electrons. The van der Waals surface area contributed by atoms with E-state index in [-0.39, 0.29) is 0 Å². The number of thioether (sulfide) groups is 2. The Morgan fingerprint density at radius 2 is 2.03 bits per heavy atom. The number of aromatic nitrogens is 2. The van der Waals surface area contributed by atoms with Crippen LogP contribution in [0.3, 0.4) is 0 Å². The first-order valence-corrected chi connectivity index (χ1v) is 15.8. The van der Waals surface area contributed by atoms with Gasteiger partial charge >= 0.3 is 0 Å². The maximum Gasteiger partial charge on any atom is 0.227 e. The van der Waals surface area contributed by atoms with Crippen LogP contribution in [0, 0.1) is 11.3 Å². The van der Waals surface area contributed by atoms with E-state index < -0.39 is 0 Å². The molecule has 0 saturated carbocycles. The molecule has 3 heterocycles. The maximum absolute atomic E-state index is 10.0. The number of nitriles is 1. The number of rotatable bonds is 11. The molecule has 1 aliphatic rings. The zero-order valence-corrected chi connectivity index (χ0v) is 24.3. The molecular formula is C29H29N5O2S3. The number of ether oxygens (including phenoxy) is 2. The van der Waals surface area contributed by atoms with Gasteiger partial charge in [0.05, 0.1) is 34.1 Å². The van der Waals surface area contributed by atoms with E-state index in [1.807, 2.05) is 72.6 Å². The molecule has 39 heavy (non-hydrogen) atoms. The minimum absolute atomic E-state index is 0.477. The average Bonchev–Trinajstić information content (AvgIpc) is 3.63. The van der Waals surface area contributed by atoms with Gasteiger partial charge in [-0.25, -0.2) is 9.97 Å². The molecule has 0 spiro atoms. The summed E-state index contributed by atoms with van der Waals surface area (Å²) in [4.78, 5) is 12.7. The number of anilines is 2. The summed E-state index contributed by atoms with van der Waals surface area (Å²) in [6.07, 6.45) is 4.73. The highest BCUT2D eigenvalue weighted by Gasteiger charge is 2.22. The Morgan fingerprint density at radius 1 is 1.15 bits per heavy atom. The minimum Gasteiger partial charge on any atom is -0.497 e. The molecule has 2 aromatic carbocycles. The largest absolute Gasteiger partial charge is 0.497 e. The number of methoxy groups -OCH3 is 1. The van der Waals surface area contributed by atoms with Gasteiger partial charge in [0.25, 0.3) is 0 Å². The van der Waals surface area contributed by atoms with Gasteiger partial charge < -0.3 is 14.8 Å². The fraction of sp³-hybridized carbons (Fsp3) is 0.276. The maximum atomic E-state index is 10.0. The van der Waals surface area contributed by atoms with Crippen LogP contribution >= 0.6 is 34.9 Å². The highest BCUT2D eigenvalue weighted by Crippen LogP contribution is 2.46.